The topological polar surface area (TPSA) is 43.4 Å². The molecule has 0 fully saturated rings. The quantitative estimate of drug-likeness (QED) is 0.280. The van der Waals surface area contributed by atoms with Gasteiger partial charge in [-0.05, 0) is 26.2 Å². The summed E-state index contributed by atoms with van der Waals surface area (Å²) in [5.41, 5.74) is 0. The summed E-state index contributed by atoms with van der Waals surface area (Å²) in [6, 6.07) is 0. The van der Waals surface area contributed by atoms with Crippen molar-refractivity contribution in [3.63, 3.8) is 0 Å². The van der Waals surface area contributed by atoms with E-state index in [1.54, 1.807) is 13.0 Å². The standard InChI is InChI=1S/C12H18O3/c1-11(13)9-7-5-3-4-6-8-10-12(14)15-2/h3-4,8,10H,5-7,9H2,1-2H3/b4-3+,10-8+. The molecule has 0 aromatic heterocycles. The fourth-order valence-corrected chi connectivity index (χ4v) is 0.994. The summed E-state index contributed by atoms with van der Waals surface area (Å²) in [6.07, 6.45) is 10.3. The van der Waals surface area contributed by atoms with Crippen LogP contribution < -0.4 is 0 Å². The van der Waals surface area contributed by atoms with Crippen molar-refractivity contribution in [2.24, 2.45) is 0 Å². The van der Waals surface area contributed by atoms with E-state index in [0.29, 0.717) is 6.42 Å². The Morgan fingerprint density at radius 1 is 1.20 bits per heavy atom. The second-order valence-electron chi connectivity index (χ2n) is 3.23. The van der Waals surface area contributed by atoms with Gasteiger partial charge in [-0.2, -0.15) is 0 Å². The molecular formula is C12H18O3. The van der Waals surface area contributed by atoms with Crippen molar-refractivity contribution in [1.82, 2.24) is 0 Å². The molecular weight excluding hydrogens is 192 g/mol. The predicted octanol–water partition coefficient (Wildman–Crippen LogP) is 2.42. The summed E-state index contributed by atoms with van der Waals surface area (Å²) in [5, 5.41) is 0. The third-order valence-electron chi connectivity index (χ3n) is 1.79. The Labute approximate surface area is 90.8 Å². The molecule has 0 amide bonds. The van der Waals surface area contributed by atoms with E-state index in [1.165, 1.54) is 13.2 Å². The molecule has 0 bridgehead atoms. The van der Waals surface area contributed by atoms with Gasteiger partial charge in [0.05, 0.1) is 7.11 Å². The number of ether oxygens (including phenoxy) is 1. The van der Waals surface area contributed by atoms with Crippen molar-refractivity contribution in [3.8, 4) is 0 Å². The summed E-state index contributed by atoms with van der Waals surface area (Å²) in [6.45, 7) is 1.60. The van der Waals surface area contributed by atoms with Gasteiger partial charge in [0.15, 0.2) is 0 Å². The molecule has 0 aliphatic rings. The highest BCUT2D eigenvalue weighted by Gasteiger charge is 1.90. The van der Waals surface area contributed by atoms with Gasteiger partial charge in [0.25, 0.3) is 0 Å². The lowest BCUT2D eigenvalue weighted by molar-refractivity contribution is -0.134. The molecule has 0 atom stereocenters. The van der Waals surface area contributed by atoms with Crippen molar-refractivity contribution < 1.29 is 14.3 Å². The van der Waals surface area contributed by atoms with Crippen molar-refractivity contribution in [2.45, 2.75) is 32.6 Å². The SMILES string of the molecule is COC(=O)/C=C/C/C=C/CCCC(C)=O. The summed E-state index contributed by atoms with van der Waals surface area (Å²) < 4.78 is 4.43. The molecule has 84 valence electrons. The number of methoxy groups -OCH3 is 1. The molecule has 15 heavy (non-hydrogen) atoms. The smallest absolute Gasteiger partial charge is 0.330 e. The number of allylic oxidation sites excluding steroid dienone is 3. The van der Waals surface area contributed by atoms with Gasteiger partial charge < -0.3 is 9.53 Å². The van der Waals surface area contributed by atoms with Gasteiger partial charge in [-0.15, -0.1) is 0 Å². The zero-order valence-corrected chi connectivity index (χ0v) is 9.36. The fourth-order valence-electron chi connectivity index (χ4n) is 0.994. The van der Waals surface area contributed by atoms with E-state index in [2.05, 4.69) is 4.74 Å². The Morgan fingerprint density at radius 3 is 2.53 bits per heavy atom. The Bertz CT molecular complexity index is 252. The first-order chi connectivity index (χ1) is 7.16. The average Bonchev–Trinajstić information content (AvgIpc) is 2.21. The molecule has 0 unspecified atom stereocenters. The Kier molecular flexibility index (Phi) is 8.34. The minimum atomic E-state index is -0.333. The molecule has 0 aliphatic heterocycles. The molecule has 0 aliphatic carbocycles. The number of rotatable bonds is 7. The van der Waals surface area contributed by atoms with Crippen LogP contribution in [0.1, 0.15) is 32.6 Å². The maximum Gasteiger partial charge on any atom is 0.330 e. The summed E-state index contributed by atoms with van der Waals surface area (Å²) in [4.78, 5) is 21.3. The molecule has 0 radical (unpaired) electrons. The van der Waals surface area contributed by atoms with Crippen LogP contribution in [0.15, 0.2) is 24.3 Å². The largest absolute Gasteiger partial charge is 0.466 e. The molecule has 0 aromatic carbocycles. The van der Waals surface area contributed by atoms with E-state index >= 15 is 0 Å². The Balaban J connectivity index is 3.43. The first-order valence-corrected chi connectivity index (χ1v) is 5.05. The van der Waals surface area contributed by atoms with Crippen molar-refractivity contribution in [3.05, 3.63) is 24.3 Å². The van der Waals surface area contributed by atoms with Crippen LogP contribution in [0.5, 0.6) is 0 Å². The number of hydrogen-bond donors (Lipinski definition) is 0. The molecule has 0 saturated heterocycles. The fraction of sp³-hybridized carbons (Fsp3) is 0.500. The second-order valence-corrected chi connectivity index (χ2v) is 3.23. The van der Waals surface area contributed by atoms with Crippen molar-refractivity contribution in [2.75, 3.05) is 7.11 Å². The lowest BCUT2D eigenvalue weighted by atomic mass is 10.2. The zero-order valence-electron chi connectivity index (χ0n) is 9.36. The molecule has 0 aromatic rings. The average molecular weight is 210 g/mol. The Hall–Kier alpha value is -1.38. The number of hydrogen-bond acceptors (Lipinski definition) is 3. The van der Waals surface area contributed by atoms with E-state index in [0.717, 1.165) is 19.3 Å². The number of carbonyl (C=O) groups is 2. The van der Waals surface area contributed by atoms with E-state index in [9.17, 15) is 9.59 Å². The summed E-state index contributed by atoms with van der Waals surface area (Å²) in [5.74, 6) is -0.103. The summed E-state index contributed by atoms with van der Waals surface area (Å²) in [7, 11) is 1.35. The van der Waals surface area contributed by atoms with Gasteiger partial charge in [-0.25, -0.2) is 4.79 Å². The third-order valence-corrected chi connectivity index (χ3v) is 1.79. The van der Waals surface area contributed by atoms with Gasteiger partial charge in [-0.3, -0.25) is 0 Å². The van der Waals surface area contributed by atoms with E-state index in [-0.39, 0.29) is 11.8 Å². The number of esters is 1. The van der Waals surface area contributed by atoms with Crippen LogP contribution in [0.4, 0.5) is 0 Å². The summed E-state index contributed by atoms with van der Waals surface area (Å²) >= 11 is 0. The number of carbonyl (C=O) groups excluding carboxylic acids is 2. The molecule has 0 rings (SSSR count). The van der Waals surface area contributed by atoms with Crippen LogP contribution in [-0.2, 0) is 14.3 Å². The van der Waals surface area contributed by atoms with Gasteiger partial charge in [-0.1, -0.05) is 18.2 Å². The van der Waals surface area contributed by atoms with Crippen LogP contribution in [0, 0.1) is 0 Å². The maximum atomic E-state index is 10.7. The maximum absolute atomic E-state index is 10.7. The molecule has 0 saturated carbocycles. The van der Waals surface area contributed by atoms with Gasteiger partial charge in [0.1, 0.15) is 5.78 Å². The number of unbranched alkanes of at least 4 members (excludes halogenated alkanes) is 1. The van der Waals surface area contributed by atoms with Crippen molar-refractivity contribution in [1.29, 1.82) is 0 Å². The van der Waals surface area contributed by atoms with Crippen molar-refractivity contribution >= 4 is 11.8 Å². The molecule has 3 nitrogen and oxygen atoms in total. The zero-order chi connectivity index (χ0) is 11.5. The Morgan fingerprint density at radius 2 is 1.93 bits per heavy atom. The number of Topliss-reactive ketones (excluding diaryl/α,β-unsaturated/α-hetero) is 1. The van der Waals surface area contributed by atoms with Gasteiger partial charge in [0.2, 0.25) is 0 Å². The first-order valence-electron chi connectivity index (χ1n) is 5.05. The van der Waals surface area contributed by atoms with Crippen LogP contribution in [0.2, 0.25) is 0 Å². The predicted molar refractivity (Wildman–Crippen MR) is 59.4 cm³/mol. The molecule has 0 spiro atoms. The van der Waals surface area contributed by atoms with Gasteiger partial charge >= 0.3 is 5.97 Å². The first kappa shape index (κ1) is 13.6. The lowest BCUT2D eigenvalue weighted by Crippen LogP contribution is -1.92. The molecule has 0 N–H and O–H groups in total. The minimum Gasteiger partial charge on any atom is -0.466 e. The van der Waals surface area contributed by atoms with Crippen LogP contribution >= 0.6 is 0 Å². The second kappa shape index (κ2) is 9.19. The number of ketones is 1. The highest BCUT2D eigenvalue weighted by atomic mass is 16.5. The normalized spacial score (nSPS) is 11.1. The van der Waals surface area contributed by atoms with Crippen LogP contribution in [0.3, 0.4) is 0 Å². The monoisotopic (exact) mass is 210 g/mol. The van der Waals surface area contributed by atoms with E-state index < -0.39 is 0 Å². The van der Waals surface area contributed by atoms with E-state index in [1.807, 2.05) is 12.2 Å². The third kappa shape index (κ3) is 10.5. The highest BCUT2D eigenvalue weighted by molar-refractivity contribution is 5.81. The van der Waals surface area contributed by atoms with Crippen LogP contribution in [-0.4, -0.2) is 18.9 Å². The minimum absolute atomic E-state index is 0.231. The van der Waals surface area contributed by atoms with Gasteiger partial charge in [0, 0.05) is 12.5 Å². The lowest BCUT2D eigenvalue weighted by Gasteiger charge is -1.91. The van der Waals surface area contributed by atoms with Crippen LogP contribution in [0.25, 0.3) is 0 Å². The molecule has 0 heterocycles. The van der Waals surface area contributed by atoms with E-state index in [4.69, 9.17) is 0 Å². The molecule has 3 heteroatoms. The highest BCUT2D eigenvalue weighted by Crippen LogP contribution is 1.98.